The number of nitrogens with zero attached hydrogens (tertiary/aromatic N) is 4. The minimum absolute atomic E-state index is 0.0580. The predicted molar refractivity (Wildman–Crippen MR) is 127 cm³/mol. The average molecular weight is 497 g/mol. The van der Waals surface area contributed by atoms with Crippen LogP contribution in [-0.2, 0) is 21.3 Å². The second-order valence-corrected chi connectivity index (χ2v) is 9.80. The van der Waals surface area contributed by atoms with Crippen LogP contribution in [0.4, 0.5) is 18.9 Å². The van der Waals surface area contributed by atoms with Crippen LogP contribution >= 0.6 is 0 Å². The molecule has 1 unspecified atom stereocenters. The molecule has 2 aromatic rings. The van der Waals surface area contributed by atoms with Crippen molar-refractivity contribution in [2.75, 3.05) is 36.3 Å². The van der Waals surface area contributed by atoms with Gasteiger partial charge in [0.2, 0.25) is 15.9 Å². The van der Waals surface area contributed by atoms with Gasteiger partial charge in [-0.15, -0.1) is 5.10 Å². The van der Waals surface area contributed by atoms with Crippen LogP contribution < -0.4 is 4.31 Å². The van der Waals surface area contributed by atoms with Crippen LogP contribution in [0.2, 0.25) is 0 Å². The zero-order valence-electron chi connectivity index (χ0n) is 18.6. The highest BCUT2D eigenvalue weighted by molar-refractivity contribution is 7.92. The maximum Gasteiger partial charge on any atom is 0.272 e. The van der Waals surface area contributed by atoms with Crippen molar-refractivity contribution >= 4 is 28.3 Å². The summed E-state index contributed by atoms with van der Waals surface area (Å²) in [6, 6.07) is 15.2. The molecule has 0 spiro atoms. The third-order valence-electron chi connectivity index (χ3n) is 5.29. The first kappa shape index (κ1) is 25.7. The molecule has 1 saturated heterocycles. The van der Waals surface area contributed by atoms with E-state index >= 15 is 0 Å². The number of sulfonamides is 1. The summed E-state index contributed by atoms with van der Waals surface area (Å²) in [5.74, 6) is -0.248. The number of alkyl halides is 3. The smallest absolute Gasteiger partial charge is 0.272 e. The Morgan fingerprint density at radius 2 is 1.88 bits per heavy atom. The fourth-order valence-corrected chi connectivity index (χ4v) is 5.08. The Morgan fingerprint density at radius 1 is 1.18 bits per heavy atom. The van der Waals surface area contributed by atoms with Gasteiger partial charge in [-0.1, -0.05) is 30.3 Å². The standard InChI is InChI=1S/C23H27F3N4O3S/c1-27-28-23(33-17-22(25)26)19-9-7-18(8-10-19)15-30(21-5-3-2-4-6-21)34(31,32)14-13-29-12-11-20(24)16-29/h2-10,20,22H,1,11-17H2/b28-23-. The quantitative estimate of drug-likeness (QED) is 0.270. The molecule has 0 saturated carbocycles. The molecule has 184 valence electrons. The highest BCUT2D eigenvalue weighted by Crippen LogP contribution is 2.22. The molecule has 0 bridgehead atoms. The van der Waals surface area contributed by atoms with E-state index in [0.717, 1.165) is 0 Å². The second-order valence-electron chi connectivity index (χ2n) is 7.79. The summed E-state index contributed by atoms with van der Waals surface area (Å²) in [7, 11) is -3.72. The van der Waals surface area contributed by atoms with Crippen LogP contribution in [-0.4, -0.2) is 70.5 Å². The van der Waals surface area contributed by atoms with Crippen LogP contribution in [0.15, 0.2) is 64.8 Å². The molecule has 1 atom stereocenters. The lowest BCUT2D eigenvalue weighted by Gasteiger charge is -2.26. The van der Waals surface area contributed by atoms with Gasteiger partial charge in [0.05, 0.1) is 18.0 Å². The fourth-order valence-electron chi connectivity index (χ4n) is 3.58. The number of anilines is 1. The number of halogens is 3. The molecule has 3 rings (SSSR count). The van der Waals surface area contributed by atoms with Crippen LogP contribution in [0, 0.1) is 0 Å². The fraction of sp³-hybridized carbons (Fsp3) is 0.391. The molecule has 7 nitrogen and oxygen atoms in total. The van der Waals surface area contributed by atoms with Gasteiger partial charge in [-0.2, -0.15) is 5.10 Å². The summed E-state index contributed by atoms with van der Waals surface area (Å²) in [5.41, 5.74) is 1.58. The number of para-hydroxylation sites is 1. The maximum absolute atomic E-state index is 13.5. The van der Waals surface area contributed by atoms with Gasteiger partial charge in [0, 0.05) is 31.9 Å². The summed E-state index contributed by atoms with van der Waals surface area (Å²) in [4.78, 5) is 1.81. The topological polar surface area (TPSA) is 74.6 Å². The van der Waals surface area contributed by atoms with E-state index in [4.69, 9.17) is 4.74 Å². The lowest BCUT2D eigenvalue weighted by Crippen LogP contribution is -2.37. The van der Waals surface area contributed by atoms with Crippen molar-refractivity contribution in [3.05, 3.63) is 65.7 Å². The van der Waals surface area contributed by atoms with Crippen molar-refractivity contribution in [3.8, 4) is 0 Å². The molecule has 0 N–H and O–H groups in total. The summed E-state index contributed by atoms with van der Waals surface area (Å²) >= 11 is 0. The van der Waals surface area contributed by atoms with Crippen LogP contribution in [0.3, 0.4) is 0 Å². The highest BCUT2D eigenvalue weighted by atomic mass is 32.2. The number of rotatable bonds is 11. The lowest BCUT2D eigenvalue weighted by molar-refractivity contribution is 0.0765. The normalized spacial score (nSPS) is 17.2. The summed E-state index contributed by atoms with van der Waals surface area (Å²) in [5, 5.41) is 6.99. The monoisotopic (exact) mass is 496 g/mol. The molecule has 1 heterocycles. The SMILES string of the molecule is C=N/N=C(\OCC(F)F)c1ccc(CN(c2ccccc2)S(=O)(=O)CCN2CCC(F)C2)cc1. The van der Waals surface area contributed by atoms with E-state index in [1.807, 2.05) is 4.90 Å². The Hall–Kier alpha value is -2.92. The predicted octanol–water partition coefficient (Wildman–Crippen LogP) is 3.71. The van der Waals surface area contributed by atoms with E-state index in [1.54, 1.807) is 54.6 Å². The molecule has 0 amide bonds. The first-order valence-corrected chi connectivity index (χ1v) is 12.3. The Kier molecular flexibility index (Phi) is 9.05. The Balaban J connectivity index is 1.77. The molecular formula is C23H27F3N4O3S. The van der Waals surface area contributed by atoms with Gasteiger partial charge in [0.15, 0.2) is 6.61 Å². The largest absolute Gasteiger partial charge is 0.470 e. The van der Waals surface area contributed by atoms with Crippen molar-refractivity contribution in [1.82, 2.24) is 4.90 Å². The Morgan fingerprint density at radius 3 is 2.47 bits per heavy atom. The van der Waals surface area contributed by atoms with Gasteiger partial charge < -0.3 is 4.74 Å². The van der Waals surface area contributed by atoms with Gasteiger partial charge in [-0.05, 0) is 36.2 Å². The number of likely N-dealkylation sites (tertiary alicyclic amines) is 1. The van der Waals surface area contributed by atoms with Crippen molar-refractivity contribution in [3.63, 3.8) is 0 Å². The van der Waals surface area contributed by atoms with Crippen molar-refractivity contribution in [2.45, 2.75) is 25.6 Å². The molecule has 1 aliphatic heterocycles. The van der Waals surface area contributed by atoms with Crippen molar-refractivity contribution in [1.29, 1.82) is 0 Å². The Bertz CT molecular complexity index is 1070. The molecule has 2 aromatic carbocycles. The van der Waals surface area contributed by atoms with Crippen molar-refractivity contribution < 1.29 is 26.3 Å². The zero-order valence-corrected chi connectivity index (χ0v) is 19.4. The Labute approximate surface area is 197 Å². The highest BCUT2D eigenvalue weighted by Gasteiger charge is 2.27. The van der Waals surface area contributed by atoms with Gasteiger partial charge in [-0.3, -0.25) is 9.21 Å². The molecule has 1 fully saturated rings. The van der Waals surface area contributed by atoms with Gasteiger partial charge in [0.1, 0.15) is 6.17 Å². The summed E-state index contributed by atoms with van der Waals surface area (Å²) < 4.78 is 71.3. The zero-order chi connectivity index (χ0) is 24.6. The number of hydrogen-bond donors (Lipinski definition) is 0. The third-order valence-corrected chi connectivity index (χ3v) is 7.00. The van der Waals surface area contributed by atoms with E-state index in [-0.39, 0.29) is 31.3 Å². The molecule has 0 aromatic heterocycles. The first-order chi connectivity index (χ1) is 16.3. The lowest BCUT2D eigenvalue weighted by atomic mass is 10.1. The second kappa shape index (κ2) is 12.0. The van der Waals surface area contributed by atoms with Crippen LogP contribution in [0.5, 0.6) is 0 Å². The van der Waals surface area contributed by atoms with Crippen LogP contribution in [0.1, 0.15) is 17.5 Å². The van der Waals surface area contributed by atoms with E-state index in [2.05, 4.69) is 16.9 Å². The minimum Gasteiger partial charge on any atom is -0.470 e. The maximum atomic E-state index is 13.5. The van der Waals surface area contributed by atoms with Crippen LogP contribution in [0.25, 0.3) is 0 Å². The molecule has 0 aliphatic carbocycles. The number of benzene rings is 2. The number of hydrogen-bond acceptors (Lipinski definition) is 6. The minimum atomic E-state index is -3.72. The molecule has 1 aliphatic rings. The van der Waals surface area contributed by atoms with E-state index in [1.165, 1.54) is 4.31 Å². The van der Waals surface area contributed by atoms with Crippen molar-refractivity contribution in [2.24, 2.45) is 10.2 Å². The molecule has 34 heavy (non-hydrogen) atoms. The summed E-state index contributed by atoms with van der Waals surface area (Å²) in [6.45, 7) is 3.48. The molecule has 0 radical (unpaired) electrons. The summed E-state index contributed by atoms with van der Waals surface area (Å²) in [6.07, 6.45) is -3.17. The van der Waals surface area contributed by atoms with Gasteiger partial charge in [-0.25, -0.2) is 21.6 Å². The van der Waals surface area contributed by atoms with E-state index in [9.17, 15) is 21.6 Å². The molecule has 11 heteroatoms. The van der Waals surface area contributed by atoms with E-state index in [0.29, 0.717) is 29.8 Å². The molecular weight excluding hydrogens is 469 g/mol. The van der Waals surface area contributed by atoms with E-state index < -0.39 is 29.2 Å². The third kappa shape index (κ3) is 7.29. The van der Waals surface area contributed by atoms with Gasteiger partial charge in [0.25, 0.3) is 6.43 Å². The first-order valence-electron chi connectivity index (χ1n) is 10.7. The van der Waals surface area contributed by atoms with Gasteiger partial charge >= 0.3 is 0 Å². The average Bonchev–Trinajstić information content (AvgIpc) is 3.25. The number of ether oxygens (including phenoxy) is 1.